The lowest BCUT2D eigenvalue weighted by molar-refractivity contribution is 0.601. The van der Waals surface area contributed by atoms with Gasteiger partial charge in [-0.15, -0.1) is 0 Å². The molecule has 4 N–H and O–H groups in total. The largest absolute Gasteiger partial charge is 0.389 e. The summed E-state index contributed by atoms with van der Waals surface area (Å²) in [6, 6.07) is 6.28. The Hall–Kier alpha value is -1.93. The van der Waals surface area contributed by atoms with E-state index in [4.69, 9.17) is 18.0 Å². The van der Waals surface area contributed by atoms with Crippen molar-refractivity contribution in [2.45, 2.75) is 4.90 Å². The molecule has 0 aliphatic carbocycles. The summed E-state index contributed by atoms with van der Waals surface area (Å²) in [5.41, 5.74) is 6.15. The van der Waals surface area contributed by atoms with Crippen LogP contribution in [0.2, 0.25) is 0 Å². The van der Waals surface area contributed by atoms with E-state index in [1.165, 1.54) is 18.5 Å². The number of hydrogen-bond donors (Lipinski definition) is 3. The highest BCUT2D eigenvalue weighted by atomic mass is 32.2. The fraction of sp³-hybridized carbons (Fsp3) is 0. The molecule has 2 rings (SSSR count). The molecule has 0 amide bonds. The lowest BCUT2D eigenvalue weighted by atomic mass is 10.2. The SMILES string of the molecule is NC(=S)c1ccccc1S(=O)(=O)Nc1cn[nH]c1. The maximum atomic E-state index is 12.2. The second-order valence-corrected chi connectivity index (χ2v) is 5.54. The first kappa shape index (κ1) is 12.5. The number of rotatable bonds is 4. The summed E-state index contributed by atoms with van der Waals surface area (Å²) in [6.45, 7) is 0. The highest BCUT2D eigenvalue weighted by molar-refractivity contribution is 7.93. The van der Waals surface area contributed by atoms with Crippen LogP contribution < -0.4 is 10.5 Å². The van der Waals surface area contributed by atoms with Gasteiger partial charge < -0.3 is 5.73 Å². The van der Waals surface area contributed by atoms with Crippen molar-refractivity contribution in [1.29, 1.82) is 0 Å². The van der Waals surface area contributed by atoms with Gasteiger partial charge in [0, 0.05) is 11.8 Å². The number of aromatic nitrogens is 2. The summed E-state index contributed by atoms with van der Waals surface area (Å²) >= 11 is 4.83. The maximum absolute atomic E-state index is 12.2. The molecule has 0 aliphatic rings. The number of thiocarbonyl (C=S) groups is 1. The van der Waals surface area contributed by atoms with Gasteiger partial charge in [-0.2, -0.15) is 5.10 Å². The van der Waals surface area contributed by atoms with E-state index in [0.29, 0.717) is 11.3 Å². The minimum Gasteiger partial charge on any atom is -0.389 e. The van der Waals surface area contributed by atoms with Gasteiger partial charge in [0.2, 0.25) is 0 Å². The second-order valence-electron chi connectivity index (χ2n) is 3.45. The Morgan fingerprint density at radius 3 is 2.72 bits per heavy atom. The van der Waals surface area contributed by atoms with Crippen LogP contribution in [-0.2, 0) is 10.0 Å². The molecule has 6 nitrogen and oxygen atoms in total. The highest BCUT2D eigenvalue weighted by Gasteiger charge is 2.19. The second kappa shape index (κ2) is 4.75. The Balaban J connectivity index is 2.45. The molecule has 0 bridgehead atoms. The molecule has 0 radical (unpaired) electrons. The third-order valence-electron chi connectivity index (χ3n) is 2.19. The predicted molar refractivity (Wildman–Crippen MR) is 71.7 cm³/mol. The zero-order valence-electron chi connectivity index (χ0n) is 9.12. The smallest absolute Gasteiger partial charge is 0.262 e. The predicted octanol–water partition coefficient (Wildman–Crippen LogP) is 0.845. The normalized spacial score (nSPS) is 11.1. The van der Waals surface area contributed by atoms with E-state index in [-0.39, 0.29) is 9.88 Å². The summed E-state index contributed by atoms with van der Waals surface area (Å²) in [7, 11) is -3.74. The molecular formula is C10H10N4O2S2. The van der Waals surface area contributed by atoms with E-state index < -0.39 is 10.0 Å². The molecule has 0 saturated heterocycles. The van der Waals surface area contributed by atoms with Gasteiger partial charge in [-0.3, -0.25) is 9.82 Å². The van der Waals surface area contributed by atoms with Gasteiger partial charge in [0.25, 0.3) is 10.0 Å². The summed E-state index contributed by atoms with van der Waals surface area (Å²) < 4.78 is 26.7. The quantitative estimate of drug-likeness (QED) is 0.722. The Morgan fingerprint density at radius 1 is 1.39 bits per heavy atom. The van der Waals surface area contributed by atoms with Crippen LogP contribution in [0.1, 0.15) is 5.56 Å². The molecule has 8 heteroatoms. The fourth-order valence-electron chi connectivity index (χ4n) is 1.42. The molecule has 0 unspecified atom stereocenters. The zero-order valence-corrected chi connectivity index (χ0v) is 10.8. The Labute approximate surface area is 109 Å². The van der Waals surface area contributed by atoms with Gasteiger partial charge in [0.15, 0.2) is 0 Å². The van der Waals surface area contributed by atoms with Crippen LogP contribution in [0.15, 0.2) is 41.6 Å². The molecule has 1 heterocycles. The lowest BCUT2D eigenvalue weighted by Crippen LogP contribution is -2.19. The van der Waals surface area contributed by atoms with Crippen molar-refractivity contribution in [3.63, 3.8) is 0 Å². The number of benzene rings is 1. The lowest BCUT2D eigenvalue weighted by Gasteiger charge is -2.09. The van der Waals surface area contributed by atoms with Crippen LogP contribution in [0.5, 0.6) is 0 Å². The van der Waals surface area contributed by atoms with Crippen LogP contribution in [-0.4, -0.2) is 23.6 Å². The van der Waals surface area contributed by atoms with Crippen molar-refractivity contribution in [2.75, 3.05) is 4.72 Å². The minimum absolute atomic E-state index is 0.0307. The minimum atomic E-state index is -3.74. The van der Waals surface area contributed by atoms with Crippen molar-refractivity contribution >= 4 is 32.9 Å². The van der Waals surface area contributed by atoms with Crippen molar-refractivity contribution in [3.05, 3.63) is 42.2 Å². The number of nitrogens with zero attached hydrogens (tertiary/aromatic N) is 1. The average molecular weight is 282 g/mol. The Kier molecular flexibility index (Phi) is 3.30. The average Bonchev–Trinajstić information content (AvgIpc) is 2.81. The van der Waals surface area contributed by atoms with Crippen molar-refractivity contribution in [3.8, 4) is 0 Å². The highest BCUT2D eigenvalue weighted by Crippen LogP contribution is 2.18. The van der Waals surface area contributed by atoms with E-state index >= 15 is 0 Å². The molecule has 0 atom stereocenters. The van der Waals surface area contributed by atoms with Crippen LogP contribution in [0.3, 0.4) is 0 Å². The first-order valence-corrected chi connectivity index (χ1v) is 6.80. The molecule has 0 fully saturated rings. The third kappa shape index (κ3) is 2.49. The monoisotopic (exact) mass is 282 g/mol. The Bertz CT molecular complexity index is 665. The zero-order chi connectivity index (χ0) is 13.2. The number of nitrogens with two attached hydrogens (primary N) is 1. The molecule has 0 spiro atoms. The molecule has 94 valence electrons. The van der Waals surface area contributed by atoms with E-state index in [1.807, 2.05) is 0 Å². The number of anilines is 1. The van der Waals surface area contributed by atoms with Crippen LogP contribution in [0.4, 0.5) is 5.69 Å². The third-order valence-corrected chi connectivity index (χ3v) is 3.85. The number of sulfonamides is 1. The van der Waals surface area contributed by atoms with Crippen LogP contribution >= 0.6 is 12.2 Å². The summed E-state index contributed by atoms with van der Waals surface area (Å²) in [4.78, 5) is 0.0712. The van der Waals surface area contributed by atoms with E-state index in [0.717, 1.165) is 0 Å². The van der Waals surface area contributed by atoms with Crippen molar-refractivity contribution in [1.82, 2.24) is 10.2 Å². The van der Waals surface area contributed by atoms with Crippen LogP contribution in [0.25, 0.3) is 0 Å². The standard InChI is InChI=1S/C10H10N4O2S2/c11-10(17)8-3-1-2-4-9(8)18(15,16)14-7-5-12-13-6-7/h1-6,14H,(H2,11,17)(H,12,13). The number of hydrogen-bond acceptors (Lipinski definition) is 4. The number of aromatic amines is 1. The molecular weight excluding hydrogens is 272 g/mol. The van der Waals surface area contributed by atoms with Gasteiger partial charge in [-0.25, -0.2) is 8.42 Å². The molecule has 1 aromatic carbocycles. The van der Waals surface area contributed by atoms with Crippen LogP contribution in [0, 0.1) is 0 Å². The number of nitrogens with one attached hydrogen (secondary N) is 2. The van der Waals surface area contributed by atoms with Crippen molar-refractivity contribution < 1.29 is 8.42 Å². The van der Waals surface area contributed by atoms with E-state index in [9.17, 15) is 8.42 Å². The first-order valence-electron chi connectivity index (χ1n) is 4.91. The fourth-order valence-corrected chi connectivity index (χ4v) is 2.92. The molecule has 0 saturated carbocycles. The number of H-pyrrole nitrogens is 1. The maximum Gasteiger partial charge on any atom is 0.262 e. The molecule has 18 heavy (non-hydrogen) atoms. The van der Waals surface area contributed by atoms with Gasteiger partial charge in [0.05, 0.1) is 16.8 Å². The van der Waals surface area contributed by atoms with E-state index in [2.05, 4.69) is 14.9 Å². The van der Waals surface area contributed by atoms with Gasteiger partial charge in [-0.1, -0.05) is 30.4 Å². The van der Waals surface area contributed by atoms with Crippen molar-refractivity contribution in [2.24, 2.45) is 5.73 Å². The van der Waals surface area contributed by atoms with Gasteiger partial charge in [-0.05, 0) is 6.07 Å². The van der Waals surface area contributed by atoms with E-state index in [1.54, 1.807) is 18.2 Å². The molecule has 1 aromatic heterocycles. The first-order chi connectivity index (χ1) is 8.50. The molecule has 0 aliphatic heterocycles. The summed E-state index contributed by atoms with van der Waals surface area (Å²) in [6.07, 6.45) is 2.79. The van der Waals surface area contributed by atoms with Gasteiger partial charge >= 0.3 is 0 Å². The summed E-state index contributed by atoms with van der Waals surface area (Å²) in [5, 5.41) is 6.17. The summed E-state index contributed by atoms with van der Waals surface area (Å²) in [5.74, 6) is 0. The topological polar surface area (TPSA) is 101 Å². The molecule has 2 aromatic rings. The van der Waals surface area contributed by atoms with Gasteiger partial charge in [0.1, 0.15) is 4.99 Å². The Morgan fingerprint density at radius 2 is 2.11 bits per heavy atom.